The summed E-state index contributed by atoms with van der Waals surface area (Å²) in [6.07, 6.45) is 5.14. The van der Waals surface area contributed by atoms with Gasteiger partial charge < -0.3 is 4.98 Å². The van der Waals surface area contributed by atoms with Crippen LogP contribution in [0.2, 0.25) is 6.32 Å². The third kappa shape index (κ3) is 5.72. The molecule has 0 aliphatic heterocycles. The van der Waals surface area contributed by atoms with Crippen LogP contribution in [0.15, 0.2) is 104 Å². The first-order valence-electron chi connectivity index (χ1n) is 9.18. The van der Waals surface area contributed by atoms with Crippen molar-refractivity contribution in [3.63, 3.8) is 0 Å². The number of aromatic amines is 1. The molecule has 0 unspecified atom stereocenters. The summed E-state index contributed by atoms with van der Waals surface area (Å²) in [7, 11) is 5.84. The quantitative estimate of drug-likeness (QED) is 0.479. The summed E-state index contributed by atoms with van der Waals surface area (Å²) in [6.45, 7) is 0. The van der Waals surface area contributed by atoms with Crippen molar-refractivity contribution in [2.45, 2.75) is 18.7 Å². The monoisotopic (exact) mass is 350 g/mol. The predicted molar refractivity (Wildman–Crippen MR) is 113 cm³/mol. The summed E-state index contributed by atoms with van der Waals surface area (Å²) in [4.78, 5) is 7.04. The molecule has 0 saturated carbocycles. The van der Waals surface area contributed by atoms with Gasteiger partial charge in [0.05, 0.1) is 14.2 Å². The van der Waals surface area contributed by atoms with E-state index in [9.17, 15) is 0 Å². The lowest BCUT2D eigenvalue weighted by molar-refractivity contribution is 0.919. The highest BCUT2D eigenvalue weighted by atomic mass is 14.9. The minimum absolute atomic E-state index is 0.312. The molecule has 0 fully saturated rings. The molecule has 3 heteroatoms. The number of imidazole rings is 1. The van der Waals surface area contributed by atoms with Crippen molar-refractivity contribution in [2.75, 3.05) is 0 Å². The zero-order chi connectivity index (χ0) is 18.7. The van der Waals surface area contributed by atoms with Crippen LogP contribution in [0.5, 0.6) is 0 Å². The molecule has 27 heavy (non-hydrogen) atoms. The number of nitrogens with one attached hydrogen (secondary N) is 1. The average molecular weight is 350 g/mol. The molecule has 0 aliphatic carbocycles. The van der Waals surface area contributed by atoms with Crippen molar-refractivity contribution in [3.05, 3.63) is 126 Å². The van der Waals surface area contributed by atoms with Crippen LogP contribution in [0, 0.1) is 0 Å². The number of hydrogen-bond donors (Lipinski definition) is 1. The summed E-state index contributed by atoms with van der Waals surface area (Å²) in [5, 5.41) is 0. The largest absolute Gasteiger partial charge is 0.348 e. The molecule has 0 bridgehead atoms. The zero-order valence-electron chi connectivity index (χ0n) is 15.3. The van der Waals surface area contributed by atoms with Crippen LogP contribution < -0.4 is 0 Å². The van der Waals surface area contributed by atoms with Crippen molar-refractivity contribution in [3.8, 4) is 0 Å². The Morgan fingerprint density at radius 1 is 0.741 bits per heavy atom. The van der Waals surface area contributed by atoms with Crippen LogP contribution in [0.1, 0.15) is 28.3 Å². The molecule has 1 aromatic heterocycles. The lowest BCUT2D eigenvalue weighted by atomic mass is 9.81. The maximum Gasteiger partial charge on any atom is 0.0921 e. The van der Waals surface area contributed by atoms with Crippen LogP contribution >= 0.6 is 0 Å². The van der Waals surface area contributed by atoms with E-state index < -0.39 is 0 Å². The van der Waals surface area contributed by atoms with Gasteiger partial charge in [0.15, 0.2) is 0 Å². The minimum atomic E-state index is 0.312. The van der Waals surface area contributed by atoms with Crippen molar-refractivity contribution >= 4 is 7.85 Å². The van der Waals surface area contributed by atoms with Gasteiger partial charge in [0, 0.05) is 24.2 Å². The van der Waals surface area contributed by atoms with Crippen LogP contribution in [-0.4, -0.2) is 17.8 Å². The van der Waals surface area contributed by atoms with Crippen LogP contribution in [-0.2, 0) is 6.42 Å². The molecular weight excluding hydrogens is 327 g/mol. The number of benzene rings is 3. The molecule has 2 nitrogen and oxygen atoms in total. The normalized spacial score (nSPS) is 10.3. The Labute approximate surface area is 162 Å². The maximum absolute atomic E-state index is 5.84. The fraction of sp³-hybridized carbons (Fsp3) is 0.125. The second-order valence-corrected chi connectivity index (χ2v) is 6.35. The molecule has 1 heterocycles. The highest BCUT2D eigenvalue weighted by molar-refractivity contribution is 6.09. The fourth-order valence-electron chi connectivity index (χ4n) is 3.03. The Balaban J connectivity index is 0.000000159. The SMILES string of the molecule is [B]CC(c1ccccc1)c1ccccc1.c1ccc(Cc2cnc[nH]2)cc1. The third-order valence-corrected chi connectivity index (χ3v) is 4.43. The molecular formula is C24H23BN2. The lowest BCUT2D eigenvalue weighted by Gasteiger charge is -2.15. The molecule has 4 aromatic rings. The van der Waals surface area contributed by atoms with Gasteiger partial charge >= 0.3 is 0 Å². The first-order valence-corrected chi connectivity index (χ1v) is 9.18. The number of hydrogen-bond acceptors (Lipinski definition) is 1. The van der Waals surface area contributed by atoms with Gasteiger partial charge in [-0.25, -0.2) is 4.98 Å². The van der Waals surface area contributed by atoms with E-state index in [2.05, 4.69) is 70.6 Å². The van der Waals surface area contributed by atoms with E-state index in [0.717, 1.165) is 12.1 Å². The molecule has 4 rings (SSSR count). The van der Waals surface area contributed by atoms with E-state index in [1.165, 1.54) is 16.7 Å². The third-order valence-electron chi connectivity index (χ3n) is 4.43. The number of nitrogens with zero attached hydrogens (tertiary/aromatic N) is 1. The van der Waals surface area contributed by atoms with Gasteiger partial charge in [-0.05, 0) is 16.7 Å². The smallest absolute Gasteiger partial charge is 0.0921 e. The molecule has 132 valence electrons. The van der Waals surface area contributed by atoms with Gasteiger partial charge in [0.25, 0.3) is 0 Å². The summed E-state index contributed by atoms with van der Waals surface area (Å²) in [5.74, 6) is 0.312. The first kappa shape index (κ1) is 18.7. The van der Waals surface area contributed by atoms with Crippen molar-refractivity contribution < 1.29 is 0 Å². The highest BCUT2D eigenvalue weighted by Crippen LogP contribution is 2.26. The van der Waals surface area contributed by atoms with Crippen molar-refractivity contribution in [1.29, 1.82) is 0 Å². The molecule has 0 aliphatic rings. The van der Waals surface area contributed by atoms with Gasteiger partial charge in [0.1, 0.15) is 0 Å². The van der Waals surface area contributed by atoms with Gasteiger partial charge in [0.2, 0.25) is 0 Å². The van der Waals surface area contributed by atoms with Gasteiger partial charge in [-0.3, -0.25) is 0 Å². The van der Waals surface area contributed by atoms with Gasteiger partial charge in [-0.2, -0.15) is 0 Å². The summed E-state index contributed by atoms with van der Waals surface area (Å²) in [5.41, 5.74) is 5.03. The molecule has 0 spiro atoms. The number of aromatic nitrogens is 2. The maximum atomic E-state index is 5.84. The molecule has 1 N–H and O–H groups in total. The molecule has 0 atom stereocenters. The van der Waals surface area contributed by atoms with Crippen molar-refractivity contribution in [1.82, 2.24) is 9.97 Å². The summed E-state index contributed by atoms with van der Waals surface area (Å²) in [6, 6.07) is 31.1. The fourth-order valence-corrected chi connectivity index (χ4v) is 3.03. The Hall–Kier alpha value is -3.07. The predicted octanol–water partition coefficient (Wildman–Crippen LogP) is 5.41. The first-order chi connectivity index (χ1) is 13.4. The number of rotatable bonds is 5. The standard InChI is InChI=1S/C14H13B.C10H10N2/c15-11-14(12-7-3-1-4-8-12)13-9-5-2-6-10-13;1-2-4-9(5-3-1)6-10-7-11-8-12-10/h1-10,14H,11H2;1-5,7-8H,6H2,(H,11,12). The summed E-state index contributed by atoms with van der Waals surface area (Å²) >= 11 is 0. The average Bonchev–Trinajstić information content (AvgIpc) is 3.25. The van der Waals surface area contributed by atoms with Crippen LogP contribution in [0.25, 0.3) is 0 Å². The van der Waals surface area contributed by atoms with Crippen LogP contribution in [0.4, 0.5) is 0 Å². The van der Waals surface area contributed by atoms with E-state index in [1.807, 2.05) is 36.5 Å². The topological polar surface area (TPSA) is 28.7 Å². The molecule has 2 radical (unpaired) electrons. The van der Waals surface area contributed by atoms with E-state index in [1.54, 1.807) is 6.33 Å². The van der Waals surface area contributed by atoms with Gasteiger partial charge in [-0.15, -0.1) is 0 Å². The zero-order valence-corrected chi connectivity index (χ0v) is 15.3. The Morgan fingerprint density at radius 3 is 1.70 bits per heavy atom. The summed E-state index contributed by atoms with van der Waals surface area (Å²) < 4.78 is 0. The van der Waals surface area contributed by atoms with Gasteiger partial charge in [-0.1, -0.05) is 97.3 Å². The second-order valence-electron chi connectivity index (χ2n) is 6.35. The van der Waals surface area contributed by atoms with Crippen molar-refractivity contribution in [2.24, 2.45) is 0 Å². The van der Waals surface area contributed by atoms with E-state index in [0.29, 0.717) is 12.2 Å². The van der Waals surface area contributed by atoms with E-state index in [-0.39, 0.29) is 0 Å². The Kier molecular flexibility index (Phi) is 7.05. The minimum Gasteiger partial charge on any atom is -0.348 e. The second kappa shape index (κ2) is 10.2. The van der Waals surface area contributed by atoms with E-state index in [4.69, 9.17) is 7.85 Å². The lowest BCUT2D eigenvalue weighted by Crippen LogP contribution is -1.99. The van der Waals surface area contributed by atoms with Crippen LogP contribution in [0.3, 0.4) is 0 Å². The Morgan fingerprint density at radius 2 is 1.26 bits per heavy atom. The molecule has 0 amide bonds. The van der Waals surface area contributed by atoms with E-state index >= 15 is 0 Å². The Bertz CT molecular complexity index is 836. The molecule has 0 saturated heterocycles. The molecule has 3 aromatic carbocycles. The number of H-pyrrole nitrogens is 1. The highest BCUT2D eigenvalue weighted by Gasteiger charge is 2.09.